The average molecular weight is 1120 g/mol. The smallest absolute Gasteiger partial charge is 0.462 e. The maximum Gasteiger partial charge on any atom is 0.472 e. The molecule has 0 radical (unpaired) electrons. The molecule has 0 rings (SSSR count). The summed E-state index contributed by atoms with van der Waals surface area (Å²) in [7, 11) is -4.40. The van der Waals surface area contributed by atoms with Gasteiger partial charge in [0.05, 0.1) is 13.2 Å². The van der Waals surface area contributed by atoms with Gasteiger partial charge in [-0.3, -0.25) is 18.6 Å². The zero-order valence-electron chi connectivity index (χ0n) is 51.1. The van der Waals surface area contributed by atoms with Crippen LogP contribution in [-0.2, 0) is 32.7 Å². The molecule has 0 aromatic rings. The minimum atomic E-state index is -4.40. The molecule has 456 valence electrons. The summed E-state index contributed by atoms with van der Waals surface area (Å²) in [5.41, 5.74) is 5.40. The largest absolute Gasteiger partial charge is 0.472 e. The van der Waals surface area contributed by atoms with Gasteiger partial charge in [0.15, 0.2) is 6.10 Å². The highest BCUT2D eigenvalue weighted by Crippen LogP contribution is 2.43. The van der Waals surface area contributed by atoms with E-state index < -0.39 is 26.5 Å². The van der Waals surface area contributed by atoms with Crippen molar-refractivity contribution in [1.29, 1.82) is 0 Å². The fourth-order valence-corrected chi connectivity index (χ4v) is 9.91. The second-order valence-electron chi connectivity index (χ2n) is 21.6. The molecule has 0 heterocycles. The molecule has 2 atom stereocenters. The zero-order valence-corrected chi connectivity index (χ0v) is 52.0. The Morgan fingerprint density at radius 1 is 0.392 bits per heavy atom. The summed E-state index contributed by atoms with van der Waals surface area (Å²) in [6.45, 7) is 3.64. The van der Waals surface area contributed by atoms with Crippen LogP contribution in [0.4, 0.5) is 0 Å². The number of unbranched alkanes of at least 4 members (excludes halogenated alkanes) is 32. The van der Waals surface area contributed by atoms with Crippen LogP contribution in [0.2, 0.25) is 0 Å². The third-order valence-electron chi connectivity index (χ3n) is 14.0. The van der Waals surface area contributed by atoms with E-state index in [2.05, 4.69) is 111 Å². The number of phosphoric acid groups is 1. The zero-order chi connectivity index (χ0) is 57.3. The third kappa shape index (κ3) is 64.0. The van der Waals surface area contributed by atoms with Gasteiger partial charge >= 0.3 is 19.8 Å². The van der Waals surface area contributed by atoms with Gasteiger partial charge in [-0.25, -0.2) is 4.57 Å². The maximum atomic E-state index is 12.7. The number of rotatable bonds is 61. The molecule has 3 N–H and O–H groups in total. The van der Waals surface area contributed by atoms with E-state index in [0.717, 1.165) is 89.9 Å². The molecule has 0 aliphatic heterocycles. The van der Waals surface area contributed by atoms with Crippen molar-refractivity contribution in [3.05, 3.63) is 97.2 Å². The van der Waals surface area contributed by atoms with Crippen molar-refractivity contribution in [2.45, 2.75) is 302 Å². The summed E-state index contributed by atoms with van der Waals surface area (Å²) in [6, 6.07) is 0. The van der Waals surface area contributed by atoms with Gasteiger partial charge in [-0.05, 0) is 96.3 Å². The van der Waals surface area contributed by atoms with Gasteiger partial charge in [0, 0.05) is 19.4 Å². The van der Waals surface area contributed by atoms with Crippen molar-refractivity contribution in [2.24, 2.45) is 5.73 Å². The molecular weight excluding hydrogens is 1000 g/mol. The SMILES string of the molecule is CC/C=C\C/C=C\C/C=C\C/C=C\C/C=C\CCCCCCCCCCCCCC(=O)OC(COC(=O)CCCCCCCCCCCCCCCCCC/C=C\C/C=C\C/C=C\CCCCCCC)COP(=O)(O)OCCN. The van der Waals surface area contributed by atoms with Crippen LogP contribution < -0.4 is 5.73 Å². The first kappa shape index (κ1) is 75.9. The molecule has 2 unspecified atom stereocenters. The van der Waals surface area contributed by atoms with Gasteiger partial charge in [-0.1, -0.05) is 284 Å². The van der Waals surface area contributed by atoms with Crippen molar-refractivity contribution in [1.82, 2.24) is 0 Å². The van der Waals surface area contributed by atoms with E-state index in [1.54, 1.807) is 0 Å². The Labute approximate surface area is 486 Å². The second-order valence-corrected chi connectivity index (χ2v) is 23.1. The summed E-state index contributed by atoms with van der Waals surface area (Å²) in [6.07, 6.45) is 86.2. The van der Waals surface area contributed by atoms with Crippen LogP contribution in [0.3, 0.4) is 0 Å². The minimum absolute atomic E-state index is 0.0498. The predicted octanol–water partition coefficient (Wildman–Crippen LogP) is 21.2. The molecule has 0 bridgehead atoms. The molecule has 0 fully saturated rings. The second kappa shape index (κ2) is 64.1. The molecule has 0 spiro atoms. The average Bonchev–Trinajstić information content (AvgIpc) is 3.44. The van der Waals surface area contributed by atoms with E-state index in [1.165, 1.54) is 173 Å². The first-order valence-corrected chi connectivity index (χ1v) is 34.2. The molecule has 10 heteroatoms. The lowest BCUT2D eigenvalue weighted by Crippen LogP contribution is -2.29. The normalized spacial score (nSPS) is 13.6. The highest BCUT2D eigenvalue weighted by atomic mass is 31.2. The van der Waals surface area contributed by atoms with Crippen LogP contribution in [0.25, 0.3) is 0 Å². The van der Waals surface area contributed by atoms with Crippen molar-refractivity contribution < 1.29 is 37.6 Å². The van der Waals surface area contributed by atoms with Crippen molar-refractivity contribution >= 4 is 19.8 Å². The quantitative estimate of drug-likeness (QED) is 0.0264. The fraction of sp³-hybridized carbons (Fsp3) is 0.739. The van der Waals surface area contributed by atoms with Gasteiger partial charge in [0.2, 0.25) is 0 Å². The number of hydrogen-bond donors (Lipinski definition) is 2. The van der Waals surface area contributed by atoms with Crippen molar-refractivity contribution in [2.75, 3.05) is 26.4 Å². The Bertz CT molecular complexity index is 1610. The molecule has 0 saturated heterocycles. The molecule has 79 heavy (non-hydrogen) atoms. The number of hydrogen-bond acceptors (Lipinski definition) is 8. The predicted molar refractivity (Wildman–Crippen MR) is 339 cm³/mol. The number of carbonyl (C=O) groups excluding carboxylic acids is 2. The van der Waals surface area contributed by atoms with E-state index in [4.69, 9.17) is 24.3 Å². The van der Waals surface area contributed by atoms with Crippen LogP contribution in [-0.4, -0.2) is 49.3 Å². The van der Waals surface area contributed by atoms with Crippen LogP contribution >= 0.6 is 7.82 Å². The first-order valence-electron chi connectivity index (χ1n) is 32.7. The van der Waals surface area contributed by atoms with Gasteiger partial charge < -0.3 is 20.1 Å². The molecule has 9 nitrogen and oxygen atoms in total. The third-order valence-corrected chi connectivity index (χ3v) is 14.9. The Morgan fingerprint density at radius 2 is 0.696 bits per heavy atom. The molecule has 0 aliphatic rings. The highest BCUT2D eigenvalue weighted by molar-refractivity contribution is 7.47. The van der Waals surface area contributed by atoms with Crippen LogP contribution in [0, 0.1) is 0 Å². The van der Waals surface area contributed by atoms with Gasteiger partial charge in [0.25, 0.3) is 0 Å². The summed E-state index contributed by atoms with van der Waals surface area (Å²) < 4.78 is 33.1. The lowest BCUT2D eigenvalue weighted by atomic mass is 10.0. The van der Waals surface area contributed by atoms with E-state index in [0.29, 0.717) is 6.42 Å². The Balaban J connectivity index is 3.92. The van der Waals surface area contributed by atoms with Gasteiger partial charge in [-0.2, -0.15) is 0 Å². The topological polar surface area (TPSA) is 134 Å². The lowest BCUT2D eigenvalue weighted by molar-refractivity contribution is -0.161. The van der Waals surface area contributed by atoms with Crippen LogP contribution in [0.1, 0.15) is 296 Å². The molecule has 0 aromatic carbocycles. The summed E-state index contributed by atoms with van der Waals surface area (Å²) in [4.78, 5) is 35.3. The molecule has 0 saturated carbocycles. The summed E-state index contributed by atoms with van der Waals surface area (Å²) in [5.74, 6) is -0.826. The first-order chi connectivity index (χ1) is 38.8. The molecule has 0 amide bonds. The van der Waals surface area contributed by atoms with E-state index in [-0.39, 0.29) is 38.6 Å². The Morgan fingerprint density at radius 3 is 1.04 bits per heavy atom. The highest BCUT2D eigenvalue weighted by Gasteiger charge is 2.26. The molecule has 0 aliphatic carbocycles. The summed E-state index contributed by atoms with van der Waals surface area (Å²) in [5, 5.41) is 0. The van der Waals surface area contributed by atoms with E-state index >= 15 is 0 Å². The number of carbonyl (C=O) groups is 2. The lowest BCUT2D eigenvalue weighted by Gasteiger charge is -2.19. The van der Waals surface area contributed by atoms with Gasteiger partial charge in [0.1, 0.15) is 6.61 Å². The maximum absolute atomic E-state index is 12.7. The Kier molecular flexibility index (Phi) is 61.6. The molecule has 0 aromatic heterocycles. The number of allylic oxidation sites excluding steroid dienone is 16. The standard InChI is InChI=1S/C69H122NO8P/c1-3-5-7-9-11-13-15-17-19-21-23-25-27-29-31-32-33-34-36-37-39-41-43-45-47-49-51-53-55-57-59-61-68(71)75-65-67(66-77-79(73,74)76-64-63-70)78-69(72)62-60-58-56-54-52-50-48-46-44-42-40-38-35-30-28-26-24-22-20-18-16-14-12-10-8-6-4-2/h6,8,12,14-15,17-18,20-21,23-24,26-27,29-30,35,67H,3-5,7,9-11,13,16,19,22,25,28,31-34,36-66,70H2,1-2H3,(H,73,74)/b8-6-,14-12-,17-15-,20-18-,23-21-,26-24-,29-27-,35-30-. The van der Waals surface area contributed by atoms with Gasteiger partial charge in [-0.15, -0.1) is 0 Å². The number of esters is 2. The van der Waals surface area contributed by atoms with Crippen molar-refractivity contribution in [3.63, 3.8) is 0 Å². The summed E-state index contributed by atoms with van der Waals surface area (Å²) >= 11 is 0. The number of ether oxygens (including phenoxy) is 2. The van der Waals surface area contributed by atoms with E-state index in [9.17, 15) is 19.0 Å². The minimum Gasteiger partial charge on any atom is -0.462 e. The number of nitrogens with two attached hydrogens (primary N) is 1. The number of phosphoric ester groups is 1. The van der Waals surface area contributed by atoms with E-state index in [1.807, 2.05) is 0 Å². The van der Waals surface area contributed by atoms with Crippen LogP contribution in [0.5, 0.6) is 0 Å². The monoisotopic (exact) mass is 1120 g/mol. The fourth-order valence-electron chi connectivity index (χ4n) is 9.14. The van der Waals surface area contributed by atoms with Crippen molar-refractivity contribution in [3.8, 4) is 0 Å². The molecular formula is C69H122NO8P. The Hall–Kier alpha value is -3.07. The van der Waals surface area contributed by atoms with Crippen LogP contribution in [0.15, 0.2) is 97.2 Å².